The second-order valence-electron chi connectivity index (χ2n) is 10.2. The topological polar surface area (TPSA) is 62.7 Å². The van der Waals surface area contributed by atoms with Crippen molar-refractivity contribution in [3.05, 3.63) is 80.8 Å². The molecule has 37 heavy (non-hydrogen) atoms. The van der Waals surface area contributed by atoms with Gasteiger partial charge in [0.15, 0.2) is 0 Å². The molecule has 0 bridgehead atoms. The van der Waals surface area contributed by atoms with E-state index in [9.17, 15) is 9.59 Å². The van der Waals surface area contributed by atoms with E-state index in [1.165, 1.54) is 22.5 Å². The molecule has 0 saturated heterocycles. The van der Waals surface area contributed by atoms with Gasteiger partial charge in [-0.05, 0) is 61.9 Å². The second kappa shape index (κ2) is 11.1. The molecular formula is C30H35N3O3S. The summed E-state index contributed by atoms with van der Waals surface area (Å²) in [4.78, 5) is 34.3. The monoisotopic (exact) mass is 517 g/mol. The Morgan fingerprint density at radius 3 is 2.62 bits per heavy atom. The highest BCUT2D eigenvalue weighted by Gasteiger charge is 2.36. The van der Waals surface area contributed by atoms with Gasteiger partial charge < -0.3 is 14.5 Å². The van der Waals surface area contributed by atoms with Crippen LogP contribution in [0.25, 0.3) is 0 Å². The van der Waals surface area contributed by atoms with Crippen LogP contribution in [-0.4, -0.2) is 46.7 Å². The van der Waals surface area contributed by atoms with E-state index in [2.05, 4.69) is 53.2 Å². The maximum absolute atomic E-state index is 13.6. The van der Waals surface area contributed by atoms with Crippen molar-refractivity contribution >= 4 is 23.2 Å². The van der Waals surface area contributed by atoms with E-state index in [0.717, 1.165) is 60.5 Å². The molecule has 2 aromatic carbocycles. The first-order valence-corrected chi connectivity index (χ1v) is 14.1. The van der Waals surface area contributed by atoms with E-state index >= 15 is 0 Å². The molecule has 1 aromatic heterocycles. The molecule has 2 heterocycles. The van der Waals surface area contributed by atoms with Crippen LogP contribution in [0.4, 0.5) is 0 Å². The first-order valence-electron chi connectivity index (χ1n) is 13.3. The van der Waals surface area contributed by atoms with Crippen molar-refractivity contribution in [2.45, 2.75) is 58.6 Å². The van der Waals surface area contributed by atoms with Gasteiger partial charge in [-0.1, -0.05) is 48.7 Å². The SMILES string of the molecule is CCN(C)C(=O)c1csc(COc2ccc3c(c2)C(c2ccc(C)cc2)N(C(=O)C2CCCC2)CC3)n1. The number of rotatable bonds is 7. The van der Waals surface area contributed by atoms with E-state index in [1.807, 2.05) is 13.0 Å². The van der Waals surface area contributed by atoms with Crippen LogP contribution < -0.4 is 4.74 Å². The Bertz CT molecular complexity index is 1260. The van der Waals surface area contributed by atoms with E-state index < -0.39 is 0 Å². The molecular weight excluding hydrogens is 482 g/mol. The molecule has 1 saturated carbocycles. The minimum Gasteiger partial charge on any atom is -0.486 e. The predicted octanol–water partition coefficient (Wildman–Crippen LogP) is 5.79. The van der Waals surface area contributed by atoms with Gasteiger partial charge >= 0.3 is 0 Å². The lowest BCUT2D eigenvalue weighted by Gasteiger charge is -2.39. The maximum Gasteiger partial charge on any atom is 0.273 e. The van der Waals surface area contributed by atoms with Gasteiger partial charge in [0.2, 0.25) is 5.91 Å². The minimum absolute atomic E-state index is 0.0771. The van der Waals surface area contributed by atoms with Gasteiger partial charge in [0, 0.05) is 31.4 Å². The van der Waals surface area contributed by atoms with Crippen LogP contribution in [-0.2, 0) is 17.8 Å². The number of thiazole rings is 1. The number of amides is 2. The number of hydrogen-bond acceptors (Lipinski definition) is 5. The molecule has 1 aliphatic heterocycles. The lowest BCUT2D eigenvalue weighted by Crippen LogP contribution is -2.43. The van der Waals surface area contributed by atoms with Crippen molar-refractivity contribution in [1.29, 1.82) is 0 Å². The number of nitrogens with zero attached hydrogens (tertiary/aromatic N) is 3. The highest BCUT2D eigenvalue weighted by Crippen LogP contribution is 2.40. The van der Waals surface area contributed by atoms with Gasteiger partial charge in [0.05, 0.1) is 6.04 Å². The largest absolute Gasteiger partial charge is 0.486 e. The quantitative estimate of drug-likeness (QED) is 0.398. The lowest BCUT2D eigenvalue weighted by atomic mass is 9.86. The van der Waals surface area contributed by atoms with Crippen molar-refractivity contribution in [2.24, 2.45) is 5.92 Å². The molecule has 2 amide bonds. The first kappa shape index (κ1) is 25.5. The zero-order valence-corrected chi connectivity index (χ0v) is 22.7. The zero-order valence-electron chi connectivity index (χ0n) is 21.9. The Morgan fingerprint density at radius 1 is 1.14 bits per heavy atom. The summed E-state index contributed by atoms with van der Waals surface area (Å²) in [6.45, 7) is 5.70. The standard InChI is InChI=1S/C30H35N3O3S/c1-4-32(3)30(35)26-19-37-27(31-26)18-36-24-14-13-21-15-16-33(29(34)23-7-5-6-8-23)28(25(21)17-24)22-11-9-20(2)10-12-22/h9-14,17,19,23,28H,4-8,15-16,18H2,1-3H3. The predicted molar refractivity (Wildman–Crippen MR) is 146 cm³/mol. The van der Waals surface area contributed by atoms with Gasteiger partial charge in [-0.15, -0.1) is 11.3 Å². The van der Waals surface area contributed by atoms with E-state index in [-0.39, 0.29) is 23.8 Å². The second-order valence-corrected chi connectivity index (χ2v) is 11.1. The molecule has 6 nitrogen and oxygen atoms in total. The summed E-state index contributed by atoms with van der Waals surface area (Å²) in [7, 11) is 1.77. The van der Waals surface area contributed by atoms with Gasteiger partial charge in [0.1, 0.15) is 23.1 Å². The number of fused-ring (bicyclic) bond motifs is 1. The van der Waals surface area contributed by atoms with Crippen molar-refractivity contribution in [2.75, 3.05) is 20.1 Å². The fourth-order valence-corrected chi connectivity index (χ4v) is 6.07. The smallest absolute Gasteiger partial charge is 0.273 e. The van der Waals surface area contributed by atoms with Crippen LogP contribution in [0.3, 0.4) is 0 Å². The number of ether oxygens (including phenoxy) is 1. The molecule has 1 unspecified atom stereocenters. The summed E-state index contributed by atoms with van der Waals surface area (Å²) in [5.74, 6) is 1.10. The van der Waals surface area contributed by atoms with Crippen LogP contribution in [0, 0.1) is 12.8 Å². The van der Waals surface area contributed by atoms with Gasteiger partial charge in [-0.3, -0.25) is 9.59 Å². The van der Waals surface area contributed by atoms with Crippen LogP contribution in [0.2, 0.25) is 0 Å². The van der Waals surface area contributed by atoms with Crippen LogP contribution in [0.15, 0.2) is 47.8 Å². The van der Waals surface area contributed by atoms with Gasteiger partial charge in [0.25, 0.3) is 5.91 Å². The third-order valence-electron chi connectivity index (χ3n) is 7.68. The molecule has 5 rings (SSSR count). The van der Waals surface area contributed by atoms with Crippen molar-refractivity contribution < 1.29 is 14.3 Å². The first-order chi connectivity index (χ1) is 17.9. The number of carbonyl (C=O) groups excluding carboxylic acids is 2. The van der Waals surface area contributed by atoms with Crippen LogP contribution in [0.1, 0.15) is 76.4 Å². The Morgan fingerprint density at radius 2 is 1.89 bits per heavy atom. The number of carbonyl (C=O) groups is 2. The molecule has 0 spiro atoms. The van der Waals surface area contributed by atoms with Gasteiger partial charge in [-0.25, -0.2) is 4.98 Å². The summed E-state index contributed by atoms with van der Waals surface area (Å²) in [6, 6.07) is 14.7. The van der Waals surface area contributed by atoms with Crippen molar-refractivity contribution in [3.63, 3.8) is 0 Å². The lowest BCUT2D eigenvalue weighted by molar-refractivity contribution is -0.137. The van der Waals surface area contributed by atoms with E-state index in [1.54, 1.807) is 17.3 Å². The molecule has 194 valence electrons. The zero-order chi connectivity index (χ0) is 25.9. The summed E-state index contributed by atoms with van der Waals surface area (Å²) < 4.78 is 6.16. The van der Waals surface area contributed by atoms with E-state index in [4.69, 9.17) is 4.74 Å². The Labute approximate surface area is 223 Å². The average molecular weight is 518 g/mol. The number of aromatic nitrogens is 1. The molecule has 0 N–H and O–H groups in total. The van der Waals surface area contributed by atoms with E-state index in [0.29, 0.717) is 18.8 Å². The third kappa shape index (κ3) is 5.42. The fourth-order valence-electron chi connectivity index (χ4n) is 5.40. The van der Waals surface area contributed by atoms with Crippen molar-refractivity contribution in [3.8, 4) is 5.75 Å². The highest BCUT2D eigenvalue weighted by atomic mass is 32.1. The summed E-state index contributed by atoms with van der Waals surface area (Å²) >= 11 is 1.43. The Balaban J connectivity index is 1.40. The summed E-state index contributed by atoms with van der Waals surface area (Å²) in [5.41, 5.74) is 5.20. The summed E-state index contributed by atoms with van der Waals surface area (Å²) in [6.07, 6.45) is 5.13. The average Bonchev–Trinajstić information content (AvgIpc) is 3.63. The van der Waals surface area contributed by atoms with Crippen LogP contribution in [0.5, 0.6) is 5.75 Å². The highest BCUT2D eigenvalue weighted by molar-refractivity contribution is 7.09. The van der Waals surface area contributed by atoms with Crippen molar-refractivity contribution in [1.82, 2.24) is 14.8 Å². The molecule has 1 atom stereocenters. The Kier molecular flexibility index (Phi) is 7.60. The normalized spacial score (nSPS) is 17.5. The molecule has 7 heteroatoms. The van der Waals surface area contributed by atoms with Gasteiger partial charge in [-0.2, -0.15) is 0 Å². The molecule has 0 radical (unpaired) electrons. The Hall–Kier alpha value is -3.19. The maximum atomic E-state index is 13.6. The fraction of sp³-hybridized carbons (Fsp3) is 0.433. The molecule has 1 fully saturated rings. The van der Waals surface area contributed by atoms with Crippen LogP contribution >= 0.6 is 11.3 Å². The number of hydrogen-bond donors (Lipinski definition) is 0. The molecule has 3 aromatic rings. The number of aryl methyl sites for hydroxylation is 1. The minimum atomic E-state index is -0.116. The third-order valence-corrected chi connectivity index (χ3v) is 8.50. The summed E-state index contributed by atoms with van der Waals surface area (Å²) in [5, 5.41) is 2.55. The number of benzene rings is 2. The molecule has 1 aliphatic carbocycles. The molecule has 2 aliphatic rings.